The zero-order chi connectivity index (χ0) is 21.2. The van der Waals surface area contributed by atoms with Gasteiger partial charge in [0.05, 0.1) is 11.4 Å². The van der Waals surface area contributed by atoms with Gasteiger partial charge in [0.2, 0.25) is 15.9 Å². The van der Waals surface area contributed by atoms with Crippen LogP contribution in [0.5, 0.6) is 0 Å². The first-order chi connectivity index (χ1) is 13.7. The van der Waals surface area contributed by atoms with Crippen molar-refractivity contribution in [2.24, 2.45) is 11.8 Å². The Morgan fingerprint density at radius 2 is 1.52 bits per heavy atom. The van der Waals surface area contributed by atoms with E-state index < -0.39 is 10.0 Å². The number of Topliss-reactive ketones (excluding diaryl/α,β-unsaturated/α-hetero) is 1. The number of piperazine rings is 1. The van der Waals surface area contributed by atoms with Crippen LogP contribution >= 0.6 is 0 Å². The van der Waals surface area contributed by atoms with E-state index in [-0.39, 0.29) is 29.7 Å². The van der Waals surface area contributed by atoms with Crippen molar-refractivity contribution in [2.45, 2.75) is 32.1 Å². The lowest BCUT2D eigenvalue weighted by Gasteiger charge is -2.38. The van der Waals surface area contributed by atoms with Crippen LogP contribution < -0.4 is 0 Å². The second-order valence-electron chi connectivity index (χ2n) is 8.51. The van der Waals surface area contributed by atoms with Gasteiger partial charge in [0.15, 0.2) is 5.78 Å². The Hall–Kier alpha value is -1.77. The zero-order valence-electron chi connectivity index (χ0n) is 17.5. The minimum atomic E-state index is -3.62. The van der Waals surface area contributed by atoms with Crippen molar-refractivity contribution in [3.63, 3.8) is 0 Å². The highest BCUT2D eigenvalue weighted by atomic mass is 32.2. The first-order valence-electron chi connectivity index (χ1n) is 10.3. The average Bonchev–Trinajstić information content (AvgIpc) is 2.67. The van der Waals surface area contributed by atoms with E-state index in [2.05, 4.69) is 18.7 Å². The summed E-state index contributed by atoms with van der Waals surface area (Å²) in [4.78, 5) is 28.3. The van der Waals surface area contributed by atoms with E-state index in [4.69, 9.17) is 0 Å². The van der Waals surface area contributed by atoms with E-state index in [9.17, 15) is 18.0 Å². The van der Waals surface area contributed by atoms with Crippen molar-refractivity contribution >= 4 is 21.7 Å². The number of ketones is 1. The minimum absolute atomic E-state index is 0.0779. The molecule has 2 aliphatic rings. The lowest BCUT2D eigenvalue weighted by Crippen LogP contribution is -2.53. The van der Waals surface area contributed by atoms with Crippen LogP contribution in [0.15, 0.2) is 29.2 Å². The third-order valence-corrected chi connectivity index (χ3v) is 7.71. The molecule has 2 saturated heterocycles. The van der Waals surface area contributed by atoms with Crippen molar-refractivity contribution in [1.82, 2.24) is 14.1 Å². The Labute approximate surface area is 173 Å². The molecule has 2 fully saturated rings. The van der Waals surface area contributed by atoms with Gasteiger partial charge in [-0.25, -0.2) is 8.42 Å². The van der Waals surface area contributed by atoms with Crippen LogP contribution in [0.3, 0.4) is 0 Å². The fourth-order valence-electron chi connectivity index (χ4n) is 4.40. The summed E-state index contributed by atoms with van der Waals surface area (Å²) in [5, 5.41) is 0. The van der Waals surface area contributed by atoms with Crippen molar-refractivity contribution < 1.29 is 18.0 Å². The van der Waals surface area contributed by atoms with Gasteiger partial charge in [-0.2, -0.15) is 4.31 Å². The normalized spacial score (nSPS) is 24.4. The number of nitrogens with zero attached hydrogens (tertiary/aromatic N) is 3. The number of hydrogen-bond donors (Lipinski definition) is 0. The Bertz CT molecular complexity index is 835. The highest BCUT2D eigenvalue weighted by Crippen LogP contribution is 2.22. The summed E-state index contributed by atoms with van der Waals surface area (Å²) in [5.74, 6) is 1.18. The Morgan fingerprint density at radius 3 is 2.03 bits per heavy atom. The maximum Gasteiger partial charge on any atom is 0.243 e. The summed E-state index contributed by atoms with van der Waals surface area (Å²) >= 11 is 0. The fourth-order valence-corrected chi connectivity index (χ4v) is 5.82. The van der Waals surface area contributed by atoms with E-state index in [0.717, 1.165) is 13.1 Å². The predicted octanol–water partition coefficient (Wildman–Crippen LogP) is 1.70. The molecule has 0 saturated carbocycles. The molecule has 0 spiro atoms. The molecule has 29 heavy (non-hydrogen) atoms. The molecule has 0 radical (unpaired) electrons. The predicted molar refractivity (Wildman–Crippen MR) is 111 cm³/mol. The molecular weight excluding hydrogens is 390 g/mol. The van der Waals surface area contributed by atoms with Crippen molar-refractivity contribution in [3.05, 3.63) is 29.8 Å². The van der Waals surface area contributed by atoms with Gasteiger partial charge in [-0.3, -0.25) is 14.5 Å². The van der Waals surface area contributed by atoms with E-state index in [0.29, 0.717) is 37.0 Å². The van der Waals surface area contributed by atoms with Crippen LogP contribution in [0.25, 0.3) is 0 Å². The van der Waals surface area contributed by atoms with Gasteiger partial charge >= 0.3 is 0 Å². The molecule has 2 heterocycles. The standard InChI is InChI=1S/C21H31N3O4S/c1-16-12-17(2)14-22(13-16)15-21(26)23-8-10-24(11-9-23)29(27,28)20-6-4-19(5-7-20)18(3)25/h4-7,16-17H,8-15H2,1-3H3. The molecule has 1 aromatic carbocycles. The van der Waals surface area contributed by atoms with Gasteiger partial charge in [0.1, 0.15) is 0 Å². The van der Waals surface area contributed by atoms with Gasteiger partial charge in [-0.15, -0.1) is 0 Å². The van der Waals surface area contributed by atoms with Gasteiger partial charge < -0.3 is 4.90 Å². The summed E-state index contributed by atoms with van der Waals surface area (Å²) in [5.41, 5.74) is 0.487. The Kier molecular flexibility index (Phi) is 6.76. The first kappa shape index (κ1) is 21.9. The summed E-state index contributed by atoms with van der Waals surface area (Å²) in [6.07, 6.45) is 1.20. The summed E-state index contributed by atoms with van der Waals surface area (Å²) in [6, 6.07) is 6.02. The number of sulfonamides is 1. The number of benzene rings is 1. The quantitative estimate of drug-likeness (QED) is 0.677. The number of carbonyl (C=O) groups is 2. The van der Waals surface area contributed by atoms with Gasteiger partial charge in [-0.05, 0) is 37.3 Å². The monoisotopic (exact) mass is 421 g/mol. The van der Waals surface area contributed by atoms with Crippen molar-refractivity contribution in [3.8, 4) is 0 Å². The summed E-state index contributed by atoms with van der Waals surface area (Å²) in [6.45, 7) is 9.58. The van der Waals surface area contributed by atoms with E-state index in [1.165, 1.54) is 41.9 Å². The molecule has 0 N–H and O–H groups in total. The molecule has 0 aliphatic carbocycles. The SMILES string of the molecule is CC(=O)c1ccc(S(=O)(=O)N2CCN(C(=O)CN3CC(C)CC(C)C3)CC2)cc1. The highest BCUT2D eigenvalue weighted by Gasteiger charge is 2.31. The third-order valence-electron chi connectivity index (χ3n) is 5.79. The number of likely N-dealkylation sites (tertiary alicyclic amines) is 1. The molecule has 0 bridgehead atoms. The van der Waals surface area contributed by atoms with Crippen molar-refractivity contribution in [2.75, 3.05) is 45.8 Å². The molecule has 1 aromatic rings. The van der Waals surface area contributed by atoms with Crippen LogP contribution in [-0.4, -0.2) is 80.0 Å². The minimum Gasteiger partial charge on any atom is -0.339 e. The average molecular weight is 422 g/mol. The molecule has 160 valence electrons. The van der Waals surface area contributed by atoms with Crippen molar-refractivity contribution in [1.29, 1.82) is 0 Å². The van der Waals surface area contributed by atoms with Crippen LogP contribution in [0.4, 0.5) is 0 Å². The molecule has 8 heteroatoms. The maximum atomic E-state index is 12.9. The smallest absolute Gasteiger partial charge is 0.243 e. The number of carbonyl (C=O) groups excluding carboxylic acids is 2. The molecule has 7 nitrogen and oxygen atoms in total. The van der Waals surface area contributed by atoms with E-state index in [1.807, 2.05) is 0 Å². The molecule has 2 aliphatic heterocycles. The highest BCUT2D eigenvalue weighted by molar-refractivity contribution is 7.89. The second kappa shape index (κ2) is 8.93. The third kappa shape index (κ3) is 5.24. The number of hydrogen-bond acceptors (Lipinski definition) is 5. The van der Waals surface area contributed by atoms with Crippen LogP contribution in [0.1, 0.15) is 37.6 Å². The molecule has 2 unspecified atom stereocenters. The topological polar surface area (TPSA) is 78.0 Å². The number of piperidine rings is 1. The number of amides is 1. The fraction of sp³-hybridized carbons (Fsp3) is 0.619. The zero-order valence-corrected chi connectivity index (χ0v) is 18.3. The summed E-state index contributed by atoms with van der Waals surface area (Å²) < 4.78 is 27.1. The van der Waals surface area contributed by atoms with E-state index >= 15 is 0 Å². The first-order valence-corrected chi connectivity index (χ1v) is 11.7. The summed E-state index contributed by atoms with van der Waals surface area (Å²) in [7, 11) is -3.62. The largest absolute Gasteiger partial charge is 0.339 e. The second-order valence-corrected chi connectivity index (χ2v) is 10.4. The lowest BCUT2D eigenvalue weighted by atomic mass is 9.92. The molecule has 3 rings (SSSR count). The van der Waals surface area contributed by atoms with E-state index in [1.54, 1.807) is 4.90 Å². The van der Waals surface area contributed by atoms with Crippen LogP contribution in [0, 0.1) is 11.8 Å². The molecule has 2 atom stereocenters. The Balaban J connectivity index is 1.56. The lowest BCUT2D eigenvalue weighted by molar-refractivity contribution is -0.134. The number of rotatable bonds is 5. The van der Waals surface area contributed by atoms with Gasteiger partial charge in [0.25, 0.3) is 0 Å². The molecular formula is C21H31N3O4S. The molecule has 1 amide bonds. The van der Waals surface area contributed by atoms with Gasteiger partial charge in [-0.1, -0.05) is 26.0 Å². The van der Waals surface area contributed by atoms with Crippen LogP contribution in [-0.2, 0) is 14.8 Å². The Morgan fingerprint density at radius 1 is 0.966 bits per heavy atom. The maximum absolute atomic E-state index is 12.9. The van der Waals surface area contributed by atoms with Gasteiger partial charge in [0, 0.05) is 44.8 Å². The van der Waals surface area contributed by atoms with Crippen LogP contribution in [0.2, 0.25) is 0 Å². The molecule has 0 aromatic heterocycles.